The number of aliphatic hydroxyl groups excluding tert-OH is 1. The number of hydrogen-bond donors (Lipinski definition) is 1. The van der Waals surface area contributed by atoms with Gasteiger partial charge in [0.15, 0.2) is 5.78 Å². The number of carbonyl (C=O) groups is 1. The Morgan fingerprint density at radius 2 is 1.81 bits per heavy atom. The fourth-order valence-electron chi connectivity index (χ4n) is 7.05. The highest BCUT2D eigenvalue weighted by Crippen LogP contribution is 2.64. The van der Waals surface area contributed by atoms with Gasteiger partial charge in [-0.15, -0.1) is 0 Å². The van der Waals surface area contributed by atoms with E-state index in [1.54, 1.807) is 0 Å². The van der Waals surface area contributed by atoms with E-state index in [-0.39, 0.29) is 16.9 Å². The first-order valence-electron chi connectivity index (χ1n) is 11.2. The minimum Gasteiger partial charge on any atom is -0.393 e. The molecule has 0 radical (unpaired) electrons. The maximum absolute atomic E-state index is 13.4. The number of rotatable bonds is 3. The highest BCUT2D eigenvalue weighted by atomic mass is 16.3. The van der Waals surface area contributed by atoms with Crippen LogP contribution in [0.25, 0.3) is 0 Å². The molecule has 6 atom stereocenters. The molecule has 0 saturated heterocycles. The van der Waals surface area contributed by atoms with Crippen LogP contribution in [-0.4, -0.2) is 35.0 Å². The van der Waals surface area contributed by atoms with Crippen molar-refractivity contribution in [1.82, 2.24) is 4.90 Å². The molecule has 150 valence electrons. The van der Waals surface area contributed by atoms with Gasteiger partial charge in [-0.05, 0) is 82.0 Å². The summed E-state index contributed by atoms with van der Waals surface area (Å²) in [6.45, 7) is 11.0. The van der Waals surface area contributed by atoms with Crippen molar-refractivity contribution in [1.29, 1.82) is 0 Å². The Morgan fingerprint density at radius 1 is 1.11 bits per heavy atom. The number of hydrogen-bond acceptors (Lipinski definition) is 3. The molecule has 1 N–H and O–H groups in total. The van der Waals surface area contributed by atoms with Crippen molar-refractivity contribution in [3.05, 3.63) is 23.4 Å². The minimum atomic E-state index is -0.157. The second kappa shape index (κ2) is 6.76. The lowest BCUT2D eigenvalue weighted by atomic mass is 9.48. The summed E-state index contributed by atoms with van der Waals surface area (Å²) >= 11 is 0. The predicted octanol–water partition coefficient (Wildman–Crippen LogP) is 4.71. The van der Waals surface area contributed by atoms with E-state index in [1.807, 2.05) is 0 Å². The molecule has 4 aliphatic carbocycles. The van der Waals surface area contributed by atoms with Gasteiger partial charge >= 0.3 is 0 Å². The van der Waals surface area contributed by atoms with Crippen molar-refractivity contribution < 1.29 is 9.90 Å². The summed E-state index contributed by atoms with van der Waals surface area (Å²) < 4.78 is 0. The highest BCUT2D eigenvalue weighted by Gasteiger charge is 2.59. The number of nitrogens with zero attached hydrogens (tertiary/aromatic N) is 1. The van der Waals surface area contributed by atoms with E-state index in [1.165, 1.54) is 12.0 Å². The summed E-state index contributed by atoms with van der Waals surface area (Å²) in [6.07, 6.45) is 11.7. The monoisotopic (exact) mass is 371 g/mol. The van der Waals surface area contributed by atoms with Crippen molar-refractivity contribution in [3.63, 3.8) is 0 Å². The van der Waals surface area contributed by atoms with E-state index in [0.29, 0.717) is 23.5 Å². The Bertz CT molecular complexity index is 676. The maximum atomic E-state index is 13.4. The Morgan fingerprint density at radius 3 is 2.52 bits per heavy atom. The van der Waals surface area contributed by atoms with Gasteiger partial charge in [0.05, 0.1) is 6.10 Å². The summed E-state index contributed by atoms with van der Waals surface area (Å²) in [5.74, 6) is 2.23. The molecule has 3 heteroatoms. The second-order valence-corrected chi connectivity index (χ2v) is 10.0. The van der Waals surface area contributed by atoms with Gasteiger partial charge in [-0.25, -0.2) is 0 Å². The van der Waals surface area contributed by atoms with Crippen molar-refractivity contribution in [2.45, 2.75) is 78.7 Å². The zero-order chi connectivity index (χ0) is 19.4. The van der Waals surface area contributed by atoms with E-state index in [9.17, 15) is 9.90 Å². The van der Waals surface area contributed by atoms with Crippen LogP contribution in [-0.2, 0) is 4.79 Å². The zero-order valence-corrected chi connectivity index (χ0v) is 17.6. The van der Waals surface area contributed by atoms with Gasteiger partial charge < -0.3 is 10.0 Å². The molecule has 0 aromatic carbocycles. The average molecular weight is 372 g/mol. The molecule has 0 aromatic heterocycles. The number of Topliss-reactive ketones (excluding diaryl/α,β-unsaturated/α-hetero) is 1. The van der Waals surface area contributed by atoms with E-state index in [2.05, 4.69) is 44.9 Å². The van der Waals surface area contributed by atoms with Crippen LogP contribution in [0.5, 0.6) is 0 Å². The summed E-state index contributed by atoms with van der Waals surface area (Å²) in [5, 5.41) is 10.2. The Labute approximate surface area is 164 Å². The largest absolute Gasteiger partial charge is 0.393 e. The van der Waals surface area contributed by atoms with E-state index < -0.39 is 0 Å². The van der Waals surface area contributed by atoms with Crippen LogP contribution in [0.15, 0.2) is 23.4 Å². The van der Waals surface area contributed by atoms with Crippen molar-refractivity contribution in [2.24, 2.45) is 28.6 Å². The van der Waals surface area contributed by atoms with Crippen LogP contribution in [0.4, 0.5) is 0 Å². The standard InChI is InChI=1S/C24H37NO2/c1-5-25(6-2)15-16-13-21-19-8-7-17-14-18(26)9-11-23(17,3)20(19)10-12-24(21,4)22(16)27/h7,15,18-21,26H,5-6,8-14H2,1-4H3/b16-15-/t18-,19+,20-,21-,23+,24+/m1/s1. The summed E-state index contributed by atoms with van der Waals surface area (Å²) in [6, 6.07) is 0. The maximum Gasteiger partial charge on any atom is 0.166 e. The molecule has 27 heavy (non-hydrogen) atoms. The lowest BCUT2D eigenvalue weighted by molar-refractivity contribution is -0.130. The first-order valence-corrected chi connectivity index (χ1v) is 11.2. The van der Waals surface area contributed by atoms with E-state index in [0.717, 1.165) is 57.2 Å². The van der Waals surface area contributed by atoms with Crippen LogP contribution >= 0.6 is 0 Å². The summed E-state index contributed by atoms with van der Waals surface area (Å²) in [5.41, 5.74) is 2.67. The van der Waals surface area contributed by atoms with Gasteiger partial charge in [0.2, 0.25) is 0 Å². The number of ketones is 1. The fraction of sp³-hybridized carbons (Fsp3) is 0.792. The van der Waals surface area contributed by atoms with Crippen LogP contribution in [0.3, 0.4) is 0 Å². The minimum absolute atomic E-state index is 0.147. The first-order chi connectivity index (χ1) is 12.8. The first kappa shape index (κ1) is 19.2. The molecular weight excluding hydrogens is 334 g/mol. The van der Waals surface area contributed by atoms with Crippen LogP contribution in [0, 0.1) is 28.6 Å². The molecule has 0 unspecified atom stereocenters. The van der Waals surface area contributed by atoms with Crippen molar-refractivity contribution in [2.75, 3.05) is 13.1 Å². The third-order valence-corrected chi connectivity index (χ3v) is 8.87. The number of allylic oxidation sites excluding steroid dienone is 2. The molecule has 4 rings (SSSR count). The predicted molar refractivity (Wildman–Crippen MR) is 109 cm³/mol. The van der Waals surface area contributed by atoms with Gasteiger partial charge in [0.1, 0.15) is 0 Å². The van der Waals surface area contributed by atoms with Crippen LogP contribution in [0.1, 0.15) is 72.6 Å². The number of carbonyl (C=O) groups excluding carboxylic acids is 1. The number of aliphatic hydroxyl groups is 1. The van der Waals surface area contributed by atoms with Gasteiger partial charge in [-0.2, -0.15) is 0 Å². The summed E-state index contributed by atoms with van der Waals surface area (Å²) in [7, 11) is 0. The van der Waals surface area contributed by atoms with Crippen molar-refractivity contribution >= 4 is 5.78 Å². The molecule has 0 heterocycles. The van der Waals surface area contributed by atoms with Crippen molar-refractivity contribution in [3.8, 4) is 0 Å². The molecule has 3 fully saturated rings. The molecule has 0 bridgehead atoms. The Kier molecular flexibility index (Phi) is 4.81. The van der Waals surface area contributed by atoms with Gasteiger partial charge in [0, 0.05) is 30.3 Å². The second-order valence-electron chi connectivity index (χ2n) is 10.0. The normalized spacial score (nSPS) is 45.1. The summed E-state index contributed by atoms with van der Waals surface area (Å²) in [4.78, 5) is 15.6. The highest BCUT2D eigenvalue weighted by molar-refractivity contribution is 6.02. The Balaban J connectivity index is 1.65. The van der Waals surface area contributed by atoms with Crippen LogP contribution < -0.4 is 0 Å². The SMILES string of the molecule is CCN(/C=C1/C[C@@H]2[C@H]3CC=C4C[C@H](O)CC[C@]4(C)[C@@H]3CC[C@]2(C)C1=O)CC. The molecule has 3 saturated carbocycles. The fourth-order valence-corrected chi connectivity index (χ4v) is 7.05. The molecule has 3 nitrogen and oxygen atoms in total. The van der Waals surface area contributed by atoms with E-state index >= 15 is 0 Å². The lowest BCUT2D eigenvalue weighted by Crippen LogP contribution is -2.50. The molecule has 0 aromatic rings. The van der Waals surface area contributed by atoms with Gasteiger partial charge in [-0.1, -0.05) is 25.5 Å². The van der Waals surface area contributed by atoms with Gasteiger partial charge in [0.25, 0.3) is 0 Å². The van der Waals surface area contributed by atoms with Crippen LogP contribution in [0.2, 0.25) is 0 Å². The topological polar surface area (TPSA) is 40.5 Å². The molecule has 4 aliphatic rings. The smallest absolute Gasteiger partial charge is 0.166 e. The molecular formula is C24H37NO2. The molecule has 0 amide bonds. The van der Waals surface area contributed by atoms with Gasteiger partial charge in [-0.3, -0.25) is 4.79 Å². The molecule has 0 aliphatic heterocycles. The Hall–Kier alpha value is -1.09. The quantitative estimate of drug-likeness (QED) is 0.577. The average Bonchev–Trinajstić information content (AvgIpc) is 2.91. The third-order valence-electron chi connectivity index (χ3n) is 8.87. The zero-order valence-electron chi connectivity index (χ0n) is 17.6. The third kappa shape index (κ3) is 2.84. The molecule has 0 spiro atoms. The van der Waals surface area contributed by atoms with E-state index in [4.69, 9.17) is 0 Å². The number of fused-ring (bicyclic) bond motifs is 5. The lowest BCUT2D eigenvalue weighted by Gasteiger charge is -2.56.